The van der Waals surface area contributed by atoms with Crippen LogP contribution in [0.1, 0.15) is 15.2 Å². The quantitative estimate of drug-likeness (QED) is 0.589. The zero-order valence-corrected chi connectivity index (χ0v) is 14.1. The predicted molar refractivity (Wildman–Crippen MR) is 91.9 cm³/mol. The molecule has 2 amide bonds. The second-order valence-electron chi connectivity index (χ2n) is 4.56. The lowest BCUT2D eigenvalue weighted by Crippen LogP contribution is -2.34. The van der Waals surface area contributed by atoms with Crippen LogP contribution in [0.2, 0.25) is 0 Å². The van der Waals surface area contributed by atoms with Gasteiger partial charge in [0, 0.05) is 10.4 Å². The summed E-state index contributed by atoms with van der Waals surface area (Å²) in [6, 6.07) is 8.51. The lowest BCUT2D eigenvalue weighted by atomic mass is 10.2. The summed E-state index contributed by atoms with van der Waals surface area (Å²) in [5.41, 5.74) is 2.71. The Labute approximate surface area is 143 Å². The lowest BCUT2D eigenvalue weighted by molar-refractivity contribution is -0.120. The van der Waals surface area contributed by atoms with Gasteiger partial charge in [-0.1, -0.05) is 6.07 Å². The van der Waals surface area contributed by atoms with Gasteiger partial charge in [-0.05, 0) is 29.6 Å². The van der Waals surface area contributed by atoms with Crippen molar-refractivity contribution in [1.29, 1.82) is 0 Å². The van der Waals surface area contributed by atoms with Crippen molar-refractivity contribution in [2.75, 3.05) is 20.8 Å². The van der Waals surface area contributed by atoms with E-state index in [2.05, 4.69) is 15.8 Å². The third-order valence-corrected chi connectivity index (χ3v) is 3.79. The SMILES string of the molecule is COc1ccc(C(=O)NCC(=O)N/N=C/c2cccs2)cc1OC. The van der Waals surface area contributed by atoms with Gasteiger partial charge in [0.25, 0.3) is 11.8 Å². The number of carbonyl (C=O) groups excluding carboxylic acids is 2. The third-order valence-electron chi connectivity index (χ3n) is 2.98. The van der Waals surface area contributed by atoms with Crippen molar-refractivity contribution >= 4 is 29.4 Å². The number of nitrogens with zero attached hydrogens (tertiary/aromatic N) is 1. The second-order valence-corrected chi connectivity index (χ2v) is 5.54. The van der Waals surface area contributed by atoms with E-state index in [9.17, 15) is 9.59 Å². The Morgan fingerprint density at radius 3 is 2.67 bits per heavy atom. The number of benzene rings is 1. The summed E-state index contributed by atoms with van der Waals surface area (Å²) in [6.45, 7) is -0.186. The van der Waals surface area contributed by atoms with E-state index in [1.165, 1.54) is 25.6 Å². The maximum Gasteiger partial charge on any atom is 0.259 e. The monoisotopic (exact) mass is 347 g/mol. The molecular formula is C16H17N3O4S. The molecule has 0 bridgehead atoms. The highest BCUT2D eigenvalue weighted by molar-refractivity contribution is 7.11. The minimum Gasteiger partial charge on any atom is -0.493 e. The fourth-order valence-electron chi connectivity index (χ4n) is 1.81. The summed E-state index contributed by atoms with van der Waals surface area (Å²) in [7, 11) is 3.00. The molecule has 1 aromatic carbocycles. The maximum atomic E-state index is 12.1. The van der Waals surface area contributed by atoms with E-state index < -0.39 is 11.8 Å². The number of nitrogens with one attached hydrogen (secondary N) is 2. The molecule has 0 radical (unpaired) electrons. The van der Waals surface area contributed by atoms with Gasteiger partial charge in [0.15, 0.2) is 11.5 Å². The number of carbonyl (C=O) groups is 2. The molecular weight excluding hydrogens is 330 g/mol. The number of rotatable bonds is 7. The molecule has 0 atom stereocenters. The number of hydrogen-bond donors (Lipinski definition) is 2. The summed E-state index contributed by atoms with van der Waals surface area (Å²) in [5.74, 6) is 0.148. The summed E-state index contributed by atoms with van der Waals surface area (Å²) in [4.78, 5) is 24.6. The zero-order valence-electron chi connectivity index (χ0n) is 13.2. The van der Waals surface area contributed by atoms with Crippen molar-refractivity contribution in [1.82, 2.24) is 10.7 Å². The molecule has 0 aliphatic rings. The van der Waals surface area contributed by atoms with E-state index in [0.717, 1.165) is 4.88 Å². The van der Waals surface area contributed by atoms with Crippen LogP contribution in [0.15, 0.2) is 40.8 Å². The first-order chi connectivity index (χ1) is 11.6. The van der Waals surface area contributed by atoms with Crippen LogP contribution in [0, 0.1) is 0 Å². The normalized spacial score (nSPS) is 10.4. The van der Waals surface area contributed by atoms with Crippen LogP contribution in [-0.4, -0.2) is 38.8 Å². The van der Waals surface area contributed by atoms with Crippen LogP contribution >= 0.6 is 11.3 Å². The van der Waals surface area contributed by atoms with Crippen LogP contribution in [0.25, 0.3) is 0 Å². The summed E-state index contributed by atoms with van der Waals surface area (Å²) in [5, 5.41) is 8.23. The van der Waals surface area contributed by atoms with E-state index in [-0.39, 0.29) is 6.54 Å². The standard InChI is InChI=1S/C16H17N3O4S/c1-22-13-6-5-11(8-14(13)23-2)16(21)17-10-15(20)19-18-9-12-4-3-7-24-12/h3-9H,10H2,1-2H3,(H,17,21)(H,19,20)/b18-9+. The van der Waals surface area contributed by atoms with E-state index >= 15 is 0 Å². The molecule has 2 N–H and O–H groups in total. The number of thiophene rings is 1. The van der Waals surface area contributed by atoms with Gasteiger partial charge in [0.1, 0.15) is 0 Å². The Morgan fingerprint density at radius 1 is 1.21 bits per heavy atom. The molecule has 24 heavy (non-hydrogen) atoms. The minimum atomic E-state index is -0.420. The molecule has 0 fully saturated rings. The fourth-order valence-corrected chi connectivity index (χ4v) is 2.40. The van der Waals surface area contributed by atoms with Crippen LogP contribution in [0.3, 0.4) is 0 Å². The highest BCUT2D eigenvalue weighted by Gasteiger charge is 2.11. The smallest absolute Gasteiger partial charge is 0.259 e. The molecule has 0 unspecified atom stereocenters. The Kier molecular flexibility index (Phi) is 6.32. The van der Waals surface area contributed by atoms with E-state index in [1.54, 1.807) is 24.4 Å². The second kappa shape index (κ2) is 8.68. The summed E-state index contributed by atoms with van der Waals surface area (Å²) in [6.07, 6.45) is 1.54. The lowest BCUT2D eigenvalue weighted by Gasteiger charge is -2.09. The van der Waals surface area contributed by atoms with Crippen LogP contribution in [0.5, 0.6) is 11.5 Å². The van der Waals surface area contributed by atoms with Crippen LogP contribution in [0.4, 0.5) is 0 Å². The van der Waals surface area contributed by atoms with Crippen molar-refractivity contribution < 1.29 is 19.1 Å². The average molecular weight is 347 g/mol. The molecule has 0 aliphatic heterocycles. The van der Waals surface area contributed by atoms with Gasteiger partial charge in [-0.2, -0.15) is 5.10 Å². The number of methoxy groups -OCH3 is 2. The Balaban J connectivity index is 1.85. The molecule has 7 nitrogen and oxygen atoms in total. The number of hydrazone groups is 1. The molecule has 2 rings (SSSR count). The summed E-state index contributed by atoms with van der Waals surface area (Å²) >= 11 is 1.50. The topological polar surface area (TPSA) is 89.0 Å². The predicted octanol–water partition coefficient (Wildman–Crippen LogP) is 1.65. The third kappa shape index (κ3) is 4.82. The minimum absolute atomic E-state index is 0.186. The van der Waals surface area contributed by atoms with Gasteiger partial charge in [-0.15, -0.1) is 11.3 Å². The number of ether oxygens (including phenoxy) is 2. The van der Waals surface area contributed by atoms with Crippen molar-refractivity contribution in [2.45, 2.75) is 0 Å². The van der Waals surface area contributed by atoms with Crippen LogP contribution in [-0.2, 0) is 4.79 Å². The molecule has 0 saturated carbocycles. The van der Waals surface area contributed by atoms with Crippen molar-refractivity contribution in [3.8, 4) is 11.5 Å². The molecule has 0 aliphatic carbocycles. The first-order valence-corrected chi connectivity index (χ1v) is 7.87. The van der Waals surface area contributed by atoms with E-state index in [0.29, 0.717) is 17.1 Å². The molecule has 1 heterocycles. The van der Waals surface area contributed by atoms with Crippen molar-refractivity contribution in [3.63, 3.8) is 0 Å². The number of hydrogen-bond acceptors (Lipinski definition) is 6. The Morgan fingerprint density at radius 2 is 2.00 bits per heavy atom. The van der Waals surface area contributed by atoms with Gasteiger partial charge < -0.3 is 14.8 Å². The molecule has 2 aromatic rings. The number of amides is 2. The van der Waals surface area contributed by atoms with Crippen molar-refractivity contribution in [3.05, 3.63) is 46.2 Å². The van der Waals surface area contributed by atoms with Gasteiger partial charge in [-0.25, -0.2) is 5.43 Å². The van der Waals surface area contributed by atoms with Crippen molar-refractivity contribution in [2.24, 2.45) is 5.10 Å². The van der Waals surface area contributed by atoms with E-state index in [1.807, 2.05) is 17.5 Å². The molecule has 126 valence electrons. The van der Waals surface area contributed by atoms with Gasteiger partial charge in [-0.3, -0.25) is 9.59 Å². The fraction of sp³-hybridized carbons (Fsp3) is 0.188. The van der Waals surface area contributed by atoms with Gasteiger partial charge >= 0.3 is 0 Å². The summed E-state index contributed by atoms with van der Waals surface area (Å²) < 4.78 is 10.2. The zero-order chi connectivity index (χ0) is 17.4. The maximum absolute atomic E-state index is 12.1. The molecule has 0 spiro atoms. The van der Waals surface area contributed by atoms with Crippen LogP contribution < -0.4 is 20.2 Å². The van der Waals surface area contributed by atoms with Gasteiger partial charge in [0.2, 0.25) is 0 Å². The molecule has 0 saturated heterocycles. The molecule has 8 heteroatoms. The van der Waals surface area contributed by atoms with E-state index in [4.69, 9.17) is 9.47 Å². The Bertz CT molecular complexity index is 729. The van der Waals surface area contributed by atoms with Gasteiger partial charge in [0.05, 0.1) is 27.0 Å². The molecule has 1 aromatic heterocycles. The Hall–Kier alpha value is -2.87. The first kappa shape index (κ1) is 17.5. The highest BCUT2D eigenvalue weighted by atomic mass is 32.1. The highest BCUT2D eigenvalue weighted by Crippen LogP contribution is 2.27. The first-order valence-electron chi connectivity index (χ1n) is 6.99. The average Bonchev–Trinajstić information content (AvgIpc) is 3.12. The largest absolute Gasteiger partial charge is 0.493 e.